The van der Waals surface area contributed by atoms with Crippen LogP contribution in [0.3, 0.4) is 0 Å². The van der Waals surface area contributed by atoms with Crippen LogP contribution in [0.1, 0.15) is 34.5 Å². The molecule has 1 aliphatic rings. The number of nitrogens with one attached hydrogen (secondary N) is 3. The lowest BCUT2D eigenvalue weighted by molar-refractivity contribution is -0.384. The monoisotopic (exact) mass is 508 g/mol. The quantitative estimate of drug-likeness (QED) is 0.240. The van der Waals surface area contributed by atoms with Gasteiger partial charge in [-0.2, -0.15) is 5.10 Å². The van der Waals surface area contributed by atoms with E-state index in [0.29, 0.717) is 39.6 Å². The summed E-state index contributed by atoms with van der Waals surface area (Å²) in [5, 5.41) is 24.7. The van der Waals surface area contributed by atoms with E-state index in [4.69, 9.17) is 0 Å². The van der Waals surface area contributed by atoms with E-state index >= 15 is 0 Å². The Morgan fingerprint density at radius 1 is 0.921 bits per heavy atom. The summed E-state index contributed by atoms with van der Waals surface area (Å²) in [4.78, 5) is 37.5. The molecule has 1 atom stereocenters. The molecule has 0 unspecified atom stereocenters. The molecule has 2 heterocycles. The lowest BCUT2D eigenvalue weighted by Gasteiger charge is -2.30. The smallest absolute Gasteiger partial charge is 0.269 e. The third-order valence-corrected chi connectivity index (χ3v) is 6.24. The fourth-order valence-corrected chi connectivity index (χ4v) is 4.44. The van der Waals surface area contributed by atoms with E-state index in [1.165, 1.54) is 18.3 Å². The zero-order chi connectivity index (χ0) is 26.8. The number of hydrogen-bond acceptors (Lipinski definition) is 6. The van der Waals surface area contributed by atoms with Gasteiger partial charge in [0.2, 0.25) is 0 Å². The topological polar surface area (TPSA) is 131 Å². The number of benzene rings is 3. The standard InChI is InChI=1S/C28H24N6O4/c1-17-7-6-10-21(15-17)32-27(35)23-16-29-33-25(19-11-13-22(14-12-19)34(37)38)24(18(2)30-26(23)33)28(36)31-20-8-4-3-5-9-20/h3-16,25,30H,1-2H3,(H,31,36)(H,32,35)/t25-/m1/s1. The van der Waals surface area contributed by atoms with Crippen molar-refractivity contribution in [3.63, 3.8) is 0 Å². The van der Waals surface area contributed by atoms with Gasteiger partial charge in [0.05, 0.1) is 16.7 Å². The Balaban J connectivity index is 1.55. The van der Waals surface area contributed by atoms with E-state index in [2.05, 4.69) is 21.0 Å². The van der Waals surface area contributed by atoms with Gasteiger partial charge in [-0.3, -0.25) is 19.7 Å². The van der Waals surface area contributed by atoms with Crippen LogP contribution >= 0.6 is 0 Å². The first-order valence-electron chi connectivity index (χ1n) is 11.9. The van der Waals surface area contributed by atoms with Crippen molar-refractivity contribution in [1.82, 2.24) is 9.78 Å². The SMILES string of the molecule is CC1=C(C(=O)Nc2ccccc2)[C@@H](c2ccc([N+](=O)[O-])cc2)n2ncc(C(=O)Nc3cccc(C)c3)c2N1. The van der Waals surface area contributed by atoms with Crippen LogP contribution in [0.5, 0.6) is 0 Å². The van der Waals surface area contributed by atoms with Crippen molar-refractivity contribution in [3.8, 4) is 0 Å². The van der Waals surface area contributed by atoms with Gasteiger partial charge in [0, 0.05) is 29.2 Å². The van der Waals surface area contributed by atoms with Gasteiger partial charge in [-0.05, 0) is 61.4 Å². The first-order chi connectivity index (χ1) is 18.3. The van der Waals surface area contributed by atoms with Crippen molar-refractivity contribution >= 4 is 34.7 Å². The first kappa shape index (κ1) is 24.4. The van der Waals surface area contributed by atoms with E-state index < -0.39 is 11.0 Å². The molecule has 0 fully saturated rings. The molecule has 10 heteroatoms. The maximum Gasteiger partial charge on any atom is 0.269 e. The molecule has 0 radical (unpaired) electrons. The van der Waals surface area contributed by atoms with Crippen LogP contribution < -0.4 is 16.0 Å². The largest absolute Gasteiger partial charge is 0.343 e. The Labute approximate surface area is 218 Å². The number of rotatable bonds is 6. The number of aryl methyl sites for hydroxylation is 1. The van der Waals surface area contributed by atoms with Crippen molar-refractivity contribution in [2.45, 2.75) is 19.9 Å². The predicted octanol–water partition coefficient (Wildman–Crippen LogP) is 5.28. The Bertz CT molecular complexity index is 1570. The van der Waals surface area contributed by atoms with Gasteiger partial charge in [-0.1, -0.05) is 30.3 Å². The van der Waals surface area contributed by atoms with Gasteiger partial charge in [-0.15, -0.1) is 0 Å². The summed E-state index contributed by atoms with van der Waals surface area (Å²) < 4.78 is 1.55. The number of hydrogen-bond donors (Lipinski definition) is 3. The number of allylic oxidation sites excluding steroid dienone is 1. The molecule has 5 rings (SSSR count). The fourth-order valence-electron chi connectivity index (χ4n) is 4.44. The van der Waals surface area contributed by atoms with Crippen LogP contribution in [-0.4, -0.2) is 26.5 Å². The maximum atomic E-state index is 13.5. The molecule has 3 aromatic carbocycles. The third kappa shape index (κ3) is 4.74. The number of non-ortho nitro benzene ring substituents is 1. The number of carbonyl (C=O) groups is 2. The molecule has 2 amide bonds. The second-order valence-electron chi connectivity index (χ2n) is 8.91. The molecule has 190 valence electrons. The molecular formula is C28H24N6O4. The lowest BCUT2D eigenvalue weighted by atomic mass is 9.94. The average Bonchev–Trinajstić information content (AvgIpc) is 3.32. The minimum atomic E-state index is -0.740. The number of para-hydroxylation sites is 1. The second kappa shape index (κ2) is 10.0. The Morgan fingerprint density at radius 2 is 1.61 bits per heavy atom. The highest BCUT2D eigenvalue weighted by atomic mass is 16.6. The van der Waals surface area contributed by atoms with Crippen molar-refractivity contribution in [2.75, 3.05) is 16.0 Å². The van der Waals surface area contributed by atoms with Crippen molar-refractivity contribution in [1.29, 1.82) is 0 Å². The van der Waals surface area contributed by atoms with Crippen LogP contribution in [0.15, 0.2) is 96.3 Å². The summed E-state index contributed by atoms with van der Waals surface area (Å²) in [5.41, 5.74) is 3.98. The zero-order valence-corrected chi connectivity index (χ0v) is 20.6. The van der Waals surface area contributed by atoms with Crippen LogP contribution in [0.2, 0.25) is 0 Å². The minimum absolute atomic E-state index is 0.0717. The average molecular weight is 509 g/mol. The van der Waals surface area contributed by atoms with E-state index in [-0.39, 0.29) is 17.5 Å². The van der Waals surface area contributed by atoms with Crippen molar-refractivity contribution in [3.05, 3.63) is 123 Å². The molecule has 38 heavy (non-hydrogen) atoms. The molecule has 0 aliphatic carbocycles. The van der Waals surface area contributed by atoms with Crippen molar-refractivity contribution < 1.29 is 14.5 Å². The summed E-state index contributed by atoms with van der Waals surface area (Å²) in [6.07, 6.45) is 1.44. The van der Waals surface area contributed by atoms with Gasteiger partial charge in [0.1, 0.15) is 17.4 Å². The lowest BCUT2D eigenvalue weighted by Crippen LogP contribution is -2.32. The van der Waals surface area contributed by atoms with Gasteiger partial charge < -0.3 is 16.0 Å². The third-order valence-electron chi connectivity index (χ3n) is 6.24. The molecule has 10 nitrogen and oxygen atoms in total. The molecule has 0 bridgehead atoms. The molecule has 1 aliphatic heterocycles. The Hall–Kier alpha value is -5.25. The van der Waals surface area contributed by atoms with E-state index in [1.807, 2.05) is 43.3 Å². The van der Waals surface area contributed by atoms with Crippen LogP contribution in [-0.2, 0) is 4.79 Å². The predicted molar refractivity (Wildman–Crippen MR) is 144 cm³/mol. The molecule has 3 N–H and O–H groups in total. The van der Waals surface area contributed by atoms with E-state index in [1.54, 1.807) is 41.9 Å². The number of nitro groups is 1. The first-order valence-corrected chi connectivity index (χ1v) is 11.9. The Morgan fingerprint density at radius 3 is 2.29 bits per heavy atom. The summed E-state index contributed by atoms with van der Waals surface area (Å²) in [5.74, 6) is -0.319. The highest BCUT2D eigenvalue weighted by molar-refractivity contribution is 6.09. The van der Waals surface area contributed by atoms with Crippen LogP contribution in [0.25, 0.3) is 0 Å². The highest BCUT2D eigenvalue weighted by Crippen LogP contribution is 2.38. The minimum Gasteiger partial charge on any atom is -0.343 e. The summed E-state index contributed by atoms with van der Waals surface area (Å²) in [6, 6.07) is 21.7. The summed E-state index contributed by atoms with van der Waals surface area (Å²) in [7, 11) is 0. The van der Waals surface area contributed by atoms with E-state index in [9.17, 15) is 19.7 Å². The molecule has 1 aromatic heterocycles. The van der Waals surface area contributed by atoms with Crippen LogP contribution in [0, 0.1) is 17.0 Å². The highest BCUT2D eigenvalue weighted by Gasteiger charge is 2.35. The second-order valence-corrected chi connectivity index (χ2v) is 8.91. The summed E-state index contributed by atoms with van der Waals surface area (Å²) >= 11 is 0. The number of anilines is 3. The number of amides is 2. The van der Waals surface area contributed by atoms with Crippen LogP contribution in [0.4, 0.5) is 22.9 Å². The number of nitrogens with zero attached hydrogens (tertiary/aromatic N) is 3. The summed E-state index contributed by atoms with van der Waals surface area (Å²) in [6.45, 7) is 3.68. The van der Waals surface area contributed by atoms with Gasteiger partial charge in [-0.25, -0.2) is 4.68 Å². The number of carbonyl (C=O) groups excluding carboxylic acids is 2. The van der Waals surface area contributed by atoms with Gasteiger partial charge >= 0.3 is 0 Å². The normalized spacial score (nSPS) is 14.3. The van der Waals surface area contributed by atoms with Crippen molar-refractivity contribution in [2.24, 2.45) is 0 Å². The fraction of sp³-hybridized carbons (Fsp3) is 0.107. The number of nitro benzene ring substituents is 1. The number of fused-ring (bicyclic) bond motifs is 1. The number of aromatic nitrogens is 2. The Kier molecular flexibility index (Phi) is 6.44. The molecule has 0 saturated carbocycles. The van der Waals surface area contributed by atoms with Gasteiger partial charge in [0.15, 0.2) is 0 Å². The molecular weight excluding hydrogens is 484 g/mol. The van der Waals surface area contributed by atoms with E-state index in [0.717, 1.165) is 5.56 Å². The zero-order valence-electron chi connectivity index (χ0n) is 20.6. The van der Waals surface area contributed by atoms with Gasteiger partial charge in [0.25, 0.3) is 17.5 Å². The maximum absolute atomic E-state index is 13.5. The molecule has 4 aromatic rings. The molecule has 0 spiro atoms. The molecule has 0 saturated heterocycles.